The molecule has 2 aromatic rings. The van der Waals surface area contributed by atoms with Crippen LogP contribution in [0.5, 0.6) is 0 Å². The van der Waals surface area contributed by atoms with Gasteiger partial charge in [-0.15, -0.1) is 0 Å². The molecule has 0 atom stereocenters. The molecule has 0 unspecified atom stereocenters. The summed E-state index contributed by atoms with van der Waals surface area (Å²) in [5.41, 5.74) is 5.95. The highest BCUT2D eigenvalue weighted by molar-refractivity contribution is 5.88. The maximum atomic E-state index is 12.9. The van der Waals surface area contributed by atoms with Crippen LogP contribution in [0.1, 0.15) is 0 Å². The minimum Gasteiger partial charge on any atom is -0.352 e. The Bertz CT molecular complexity index is 441. The van der Waals surface area contributed by atoms with E-state index >= 15 is 0 Å². The van der Waals surface area contributed by atoms with E-state index in [4.69, 9.17) is 10.3 Å². The molecule has 0 spiro atoms. The van der Waals surface area contributed by atoms with Gasteiger partial charge in [-0.25, -0.2) is 4.39 Å². The number of hydrogen-bond donors (Lipinski definition) is 2. The van der Waals surface area contributed by atoms with Gasteiger partial charge in [0, 0.05) is 13.1 Å². The van der Waals surface area contributed by atoms with Crippen molar-refractivity contribution in [3.63, 3.8) is 0 Å². The Morgan fingerprint density at radius 1 is 1.50 bits per heavy atom. The van der Waals surface area contributed by atoms with Crippen LogP contribution in [-0.2, 0) is 0 Å². The summed E-state index contributed by atoms with van der Waals surface area (Å²) in [4.78, 5) is 0. The molecule has 14 heavy (non-hydrogen) atoms. The van der Waals surface area contributed by atoms with E-state index < -0.39 is 0 Å². The van der Waals surface area contributed by atoms with Gasteiger partial charge in [0.15, 0.2) is 0 Å². The summed E-state index contributed by atoms with van der Waals surface area (Å²) in [5.74, 6) is 0.154. The topological polar surface area (TPSA) is 64.1 Å². The molecule has 74 valence electrons. The van der Waals surface area contributed by atoms with Crippen molar-refractivity contribution in [3.8, 4) is 0 Å². The maximum Gasteiger partial charge on any atom is 0.232 e. The molecule has 0 radical (unpaired) electrons. The normalized spacial score (nSPS) is 10.7. The van der Waals surface area contributed by atoms with Crippen molar-refractivity contribution in [1.82, 2.24) is 5.16 Å². The summed E-state index contributed by atoms with van der Waals surface area (Å²) in [6.45, 7) is 1.05. The zero-order valence-electron chi connectivity index (χ0n) is 7.46. The van der Waals surface area contributed by atoms with E-state index in [1.807, 2.05) is 0 Å². The van der Waals surface area contributed by atoms with E-state index in [9.17, 15) is 4.39 Å². The van der Waals surface area contributed by atoms with Crippen LogP contribution in [-0.4, -0.2) is 18.2 Å². The molecule has 1 heterocycles. The smallest absolute Gasteiger partial charge is 0.232 e. The number of fused-ring (bicyclic) bond motifs is 1. The molecule has 3 N–H and O–H groups in total. The summed E-state index contributed by atoms with van der Waals surface area (Å²) < 4.78 is 17.9. The van der Waals surface area contributed by atoms with E-state index in [1.54, 1.807) is 6.07 Å². The highest BCUT2D eigenvalue weighted by Crippen LogP contribution is 2.23. The van der Waals surface area contributed by atoms with Crippen LogP contribution in [0.2, 0.25) is 0 Å². The molecule has 1 aromatic carbocycles. The largest absolute Gasteiger partial charge is 0.352 e. The molecular formula is C9H10FN3O. The average molecular weight is 195 g/mol. The fourth-order valence-corrected chi connectivity index (χ4v) is 1.23. The second-order valence-electron chi connectivity index (χ2n) is 2.89. The third-order valence-corrected chi connectivity index (χ3v) is 1.87. The number of benzene rings is 1. The highest BCUT2D eigenvalue weighted by atomic mass is 19.1. The summed E-state index contributed by atoms with van der Waals surface area (Å²) in [5, 5.41) is 7.33. The van der Waals surface area contributed by atoms with Crippen LogP contribution < -0.4 is 11.1 Å². The minimum atomic E-state index is -0.309. The lowest BCUT2D eigenvalue weighted by Gasteiger charge is -1.98. The van der Waals surface area contributed by atoms with E-state index in [0.29, 0.717) is 29.9 Å². The number of nitrogens with two attached hydrogens (primary N) is 1. The van der Waals surface area contributed by atoms with Gasteiger partial charge in [-0.05, 0) is 18.2 Å². The summed E-state index contributed by atoms with van der Waals surface area (Å²) in [7, 11) is 0. The molecule has 0 aliphatic carbocycles. The maximum absolute atomic E-state index is 12.9. The van der Waals surface area contributed by atoms with Gasteiger partial charge < -0.3 is 15.6 Å². The van der Waals surface area contributed by atoms with Crippen LogP contribution in [0.3, 0.4) is 0 Å². The molecule has 0 aliphatic heterocycles. The SMILES string of the molecule is NCCNc1onc2ccc(F)cc12. The summed E-state index contributed by atoms with van der Waals surface area (Å²) >= 11 is 0. The van der Waals surface area contributed by atoms with Crippen molar-refractivity contribution >= 4 is 16.8 Å². The molecule has 4 nitrogen and oxygen atoms in total. The lowest BCUT2D eigenvalue weighted by atomic mass is 10.2. The third kappa shape index (κ3) is 1.54. The molecule has 5 heteroatoms. The third-order valence-electron chi connectivity index (χ3n) is 1.87. The van der Waals surface area contributed by atoms with Crippen molar-refractivity contribution in [2.24, 2.45) is 5.73 Å². The van der Waals surface area contributed by atoms with Gasteiger partial charge in [0.25, 0.3) is 0 Å². The summed E-state index contributed by atoms with van der Waals surface area (Å²) in [6, 6.07) is 4.30. The average Bonchev–Trinajstić information content (AvgIpc) is 2.57. The highest BCUT2D eigenvalue weighted by Gasteiger charge is 2.07. The summed E-state index contributed by atoms with van der Waals surface area (Å²) in [6.07, 6.45) is 0. The number of anilines is 1. The number of hydrogen-bond acceptors (Lipinski definition) is 4. The van der Waals surface area contributed by atoms with Gasteiger partial charge in [-0.1, -0.05) is 5.16 Å². The van der Waals surface area contributed by atoms with Gasteiger partial charge in [-0.3, -0.25) is 0 Å². The van der Waals surface area contributed by atoms with Gasteiger partial charge in [0.1, 0.15) is 11.3 Å². The number of aromatic nitrogens is 1. The van der Waals surface area contributed by atoms with Gasteiger partial charge in [-0.2, -0.15) is 0 Å². The molecule has 0 aliphatic rings. The molecule has 0 bridgehead atoms. The molecule has 0 fully saturated rings. The number of rotatable bonds is 3. The second-order valence-corrected chi connectivity index (χ2v) is 2.89. The van der Waals surface area contributed by atoms with Crippen molar-refractivity contribution in [2.45, 2.75) is 0 Å². The standard InChI is InChI=1S/C9H10FN3O/c10-6-1-2-8-7(5-6)9(14-13-8)12-4-3-11/h1-2,5,12H,3-4,11H2. The van der Waals surface area contributed by atoms with Crippen LogP contribution in [0, 0.1) is 5.82 Å². The Balaban J connectivity index is 2.40. The molecule has 2 rings (SSSR count). The Morgan fingerprint density at radius 2 is 2.36 bits per heavy atom. The predicted octanol–water partition coefficient (Wildman–Crippen LogP) is 1.34. The lowest BCUT2D eigenvalue weighted by Crippen LogP contribution is -2.12. The van der Waals surface area contributed by atoms with Gasteiger partial charge >= 0.3 is 0 Å². The zero-order chi connectivity index (χ0) is 9.97. The first-order valence-corrected chi connectivity index (χ1v) is 4.30. The van der Waals surface area contributed by atoms with Crippen molar-refractivity contribution < 1.29 is 8.91 Å². The van der Waals surface area contributed by atoms with Crippen LogP contribution in [0.25, 0.3) is 10.9 Å². The zero-order valence-corrected chi connectivity index (χ0v) is 7.46. The Kier molecular flexibility index (Phi) is 2.32. The van der Waals surface area contributed by atoms with Gasteiger partial charge in [0.05, 0.1) is 5.39 Å². The van der Waals surface area contributed by atoms with Crippen LogP contribution >= 0.6 is 0 Å². The quantitative estimate of drug-likeness (QED) is 0.775. The first kappa shape index (κ1) is 8.96. The lowest BCUT2D eigenvalue weighted by molar-refractivity contribution is 0.441. The fourth-order valence-electron chi connectivity index (χ4n) is 1.23. The first-order chi connectivity index (χ1) is 6.81. The van der Waals surface area contributed by atoms with Crippen molar-refractivity contribution in [3.05, 3.63) is 24.0 Å². The molecule has 0 saturated heterocycles. The Hall–Kier alpha value is -1.62. The molecular weight excluding hydrogens is 185 g/mol. The van der Waals surface area contributed by atoms with Crippen LogP contribution in [0.4, 0.5) is 10.3 Å². The second kappa shape index (κ2) is 3.63. The molecule has 0 saturated carbocycles. The van der Waals surface area contributed by atoms with Crippen molar-refractivity contribution in [2.75, 3.05) is 18.4 Å². The van der Waals surface area contributed by atoms with E-state index in [0.717, 1.165) is 0 Å². The monoisotopic (exact) mass is 195 g/mol. The van der Waals surface area contributed by atoms with E-state index in [-0.39, 0.29) is 5.82 Å². The number of nitrogens with zero attached hydrogens (tertiary/aromatic N) is 1. The molecule has 1 aromatic heterocycles. The van der Waals surface area contributed by atoms with Crippen LogP contribution in [0.15, 0.2) is 22.7 Å². The molecule has 0 amide bonds. The first-order valence-electron chi connectivity index (χ1n) is 4.30. The van der Waals surface area contributed by atoms with Crippen molar-refractivity contribution in [1.29, 1.82) is 0 Å². The van der Waals surface area contributed by atoms with E-state index in [2.05, 4.69) is 10.5 Å². The predicted molar refractivity (Wildman–Crippen MR) is 51.5 cm³/mol. The fraction of sp³-hybridized carbons (Fsp3) is 0.222. The number of halogens is 1. The Labute approximate surface area is 79.9 Å². The van der Waals surface area contributed by atoms with Gasteiger partial charge in [0.2, 0.25) is 5.88 Å². The Morgan fingerprint density at radius 3 is 3.14 bits per heavy atom. The van der Waals surface area contributed by atoms with E-state index in [1.165, 1.54) is 12.1 Å². The number of nitrogens with one attached hydrogen (secondary N) is 1. The minimum absolute atomic E-state index is 0.309.